The Morgan fingerprint density at radius 2 is 1.80 bits per heavy atom. The van der Waals surface area contributed by atoms with Gasteiger partial charge < -0.3 is 10.0 Å². The number of rotatable bonds is 4. The van der Waals surface area contributed by atoms with E-state index in [1.54, 1.807) is 0 Å². The van der Waals surface area contributed by atoms with Crippen LogP contribution in [0.1, 0.15) is 26.3 Å². The van der Waals surface area contributed by atoms with Crippen LogP contribution in [0, 0.1) is 0 Å². The normalized spacial score (nSPS) is 15.7. The van der Waals surface area contributed by atoms with Gasteiger partial charge in [-0.25, -0.2) is 0 Å². The molecule has 0 radical (unpaired) electrons. The van der Waals surface area contributed by atoms with Crippen LogP contribution in [0.15, 0.2) is 30.3 Å². The lowest BCUT2D eigenvalue weighted by Gasteiger charge is -2.31. The summed E-state index contributed by atoms with van der Waals surface area (Å²) in [7, 11) is 2.03. The average Bonchev–Trinajstić information content (AvgIpc) is 2.18. The summed E-state index contributed by atoms with van der Waals surface area (Å²) in [5, 5.41) is 10.4. The molecule has 84 valence electrons. The minimum Gasteiger partial charge on any atom is -0.384 e. The first kappa shape index (κ1) is 12.2. The highest BCUT2D eigenvalue weighted by molar-refractivity contribution is 5.21. The van der Waals surface area contributed by atoms with Crippen molar-refractivity contribution in [2.24, 2.45) is 0 Å². The second-order valence-corrected chi connectivity index (χ2v) is 4.65. The molecule has 2 nitrogen and oxygen atoms in total. The lowest BCUT2D eigenvalue weighted by atomic mass is 9.95. The second kappa shape index (κ2) is 4.77. The van der Waals surface area contributed by atoms with Crippen LogP contribution in [-0.4, -0.2) is 29.6 Å². The molecule has 15 heavy (non-hydrogen) atoms. The summed E-state index contributed by atoms with van der Waals surface area (Å²) in [6.45, 7) is 6.76. The predicted octanol–water partition coefficient (Wildman–Crippen LogP) is 2.23. The van der Waals surface area contributed by atoms with Crippen molar-refractivity contribution in [2.45, 2.75) is 32.4 Å². The van der Waals surface area contributed by atoms with Crippen molar-refractivity contribution in [1.82, 2.24) is 4.90 Å². The summed E-state index contributed by atoms with van der Waals surface area (Å²) in [6.07, 6.45) is 0. The number of benzene rings is 1. The fourth-order valence-electron chi connectivity index (χ4n) is 1.56. The highest BCUT2D eigenvalue weighted by Crippen LogP contribution is 2.21. The van der Waals surface area contributed by atoms with Crippen LogP contribution in [0.25, 0.3) is 0 Å². The van der Waals surface area contributed by atoms with E-state index in [1.165, 1.54) is 0 Å². The van der Waals surface area contributed by atoms with Crippen LogP contribution in [0.2, 0.25) is 0 Å². The van der Waals surface area contributed by atoms with Gasteiger partial charge in [-0.15, -0.1) is 0 Å². The van der Waals surface area contributed by atoms with Gasteiger partial charge in [0.2, 0.25) is 0 Å². The molecule has 0 aliphatic carbocycles. The molecule has 0 fully saturated rings. The Balaban J connectivity index is 2.75. The van der Waals surface area contributed by atoms with E-state index in [1.807, 2.05) is 44.3 Å². The lowest BCUT2D eigenvalue weighted by Crippen LogP contribution is -2.40. The molecule has 0 saturated carbocycles. The summed E-state index contributed by atoms with van der Waals surface area (Å²) < 4.78 is 0. The molecular formula is C13H21NO. The van der Waals surface area contributed by atoms with E-state index in [4.69, 9.17) is 0 Å². The van der Waals surface area contributed by atoms with Crippen molar-refractivity contribution in [1.29, 1.82) is 0 Å². The first-order valence-electron chi connectivity index (χ1n) is 5.41. The molecule has 0 amide bonds. The Morgan fingerprint density at radius 1 is 1.27 bits per heavy atom. The van der Waals surface area contributed by atoms with Gasteiger partial charge in [0, 0.05) is 12.6 Å². The van der Waals surface area contributed by atoms with Crippen molar-refractivity contribution >= 4 is 0 Å². The third-order valence-corrected chi connectivity index (χ3v) is 2.83. The second-order valence-electron chi connectivity index (χ2n) is 4.65. The summed E-state index contributed by atoms with van der Waals surface area (Å²) >= 11 is 0. The number of likely N-dealkylation sites (N-methyl/N-ethyl adjacent to an activating group) is 1. The molecule has 0 aliphatic heterocycles. The van der Waals surface area contributed by atoms with Gasteiger partial charge in [-0.2, -0.15) is 0 Å². The molecular weight excluding hydrogens is 186 g/mol. The maximum absolute atomic E-state index is 10.4. The Hall–Kier alpha value is -0.860. The molecule has 0 aromatic heterocycles. The van der Waals surface area contributed by atoms with Gasteiger partial charge in [0.15, 0.2) is 0 Å². The highest BCUT2D eigenvalue weighted by atomic mass is 16.3. The zero-order valence-corrected chi connectivity index (χ0v) is 10.1. The largest absolute Gasteiger partial charge is 0.384 e. The monoisotopic (exact) mass is 207 g/mol. The molecule has 2 heteroatoms. The SMILES string of the molecule is CC(C)N(C)CC(C)(O)c1ccccc1. The van der Waals surface area contributed by atoms with E-state index in [0.29, 0.717) is 12.6 Å². The minimum absolute atomic E-state index is 0.445. The zero-order chi connectivity index (χ0) is 11.5. The van der Waals surface area contributed by atoms with Gasteiger partial charge in [-0.05, 0) is 33.4 Å². The maximum atomic E-state index is 10.4. The Morgan fingerprint density at radius 3 is 2.27 bits per heavy atom. The highest BCUT2D eigenvalue weighted by Gasteiger charge is 2.25. The van der Waals surface area contributed by atoms with Crippen LogP contribution in [0.3, 0.4) is 0 Å². The van der Waals surface area contributed by atoms with Gasteiger partial charge in [-0.1, -0.05) is 30.3 Å². The van der Waals surface area contributed by atoms with Crippen LogP contribution in [-0.2, 0) is 5.60 Å². The minimum atomic E-state index is -0.777. The average molecular weight is 207 g/mol. The third kappa shape index (κ3) is 3.33. The molecule has 1 N–H and O–H groups in total. The van der Waals surface area contributed by atoms with E-state index < -0.39 is 5.60 Å². The van der Waals surface area contributed by atoms with E-state index in [9.17, 15) is 5.11 Å². The van der Waals surface area contributed by atoms with Gasteiger partial charge in [0.25, 0.3) is 0 Å². The third-order valence-electron chi connectivity index (χ3n) is 2.83. The molecule has 0 heterocycles. The van der Waals surface area contributed by atoms with Gasteiger partial charge in [0.05, 0.1) is 5.60 Å². The maximum Gasteiger partial charge on any atom is 0.0994 e. The van der Waals surface area contributed by atoms with Crippen molar-refractivity contribution in [2.75, 3.05) is 13.6 Å². The Labute approximate surface area is 92.5 Å². The first-order chi connectivity index (χ1) is 6.93. The van der Waals surface area contributed by atoms with E-state index in [0.717, 1.165) is 5.56 Å². The van der Waals surface area contributed by atoms with Crippen LogP contribution < -0.4 is 0 Å². The molecule has 0 saturated heterocycles. The molecule has 1 rings (SSSR count). The van der Waals surface area contributed by atoms with Gasteiger partial charge >= 0.3 is 0 Å². The zero-order valence-electron chi connectivity index (χ0n) is 10.1. The van der Waals surface area contributed by atoms with Crippen LogP contribution in [0.5, 0.6) is 0 Å². The fourth-order valence-corrected chi connectivity index (χ4v) is 1.56. The fraction of sp³-hybridized carbons (Fsp3) is 0.538. The molecule has 1 aromatic rings. The number of hydrogen-bond donors (Lipinski definition) is 1. The summed E-state index contributed by atoms with van der Waals surface area (Å²) in [5.41, 5.74) is 0.192. The summed E-state index contributed by atoms with van der Waals surface area (Å²) in [5.74, 6) is 0. The molecule has 1 unspecified atom stereocenters. The van der Waals surface area contributed by atoms with Crippen molar-refractivity contribution in [3.63, 3.8) is 0 Å². The number of nitrogens with zero attached hydrogens (tertiary/aromatic N) is 1. The van der Waals surface area contributed by atoms with E-state index in [2.05, 4.69) is 18.7 Å². The van der Waals surface area contributed by atoms with Gasteiger partial charge in [0.1, 0.15) is 0 Å². The smallest absolute Gasteiger partial charge is 0.0994 e. The Bertz CT molecular complexity index is 293. The quantitative estimate of drug-likeness (QED) is 0.818. The Kier molecular flexibility index (Phi) is 3.89. The van der Waals surface area contributed by atoms with Crippen LogP contribution >= 0.6 is 0 Å². The predicted molar refractivity (Wildman–Crippen MR) is 63.8 cm³/mol. The topological polar surface area (TPSA) is 23.5 Å². The summed E-state index contributed by atoms with van der Waals surface area (Å²) in [6, 6.07) is 10.3. The molecule has 1 aromatic carbocycles. The molecule has 1 atom stereocenters. The van der Waals surface area contributed by atoms with E-state index in [-0.39, 0.29) is 0 Å². The lowest BCUT2D eigenvalue weighted by molar-refractivity contribution is 0.0154. The van der Waals surface area contributed by atoms with Crippen LogP contribution in [0.4, 0.5) is 0 Å². The number of aliphatic hydroxyl groups is 1. The molecule has 0 bridgehead atoms. The van der Waals surface area contributed by atoms with Gasteiger partial charge in [-0.3, -0.25) is 0 Å². The molecule has 0 spiro atoms. The van der Waals surface area contributed by atoms with E-state index >= 15 is 0 Å². The first-order valence-corrected chi connectivity index (χ1v) is 5.41. The van der Waals surface area contributed by atoms with Crippen molar-refractivity contribution < 1.29 is 5.11 Å². The number of hydrogen-bond acceptors (Lipinski definition) is 2. The molecule has 0 aliphatic rings. The standard InChI is InChI=1S/C13H21NO/c1-11(2)14(4)10-13(3,15)12-8-6-5-7-9-12/h5-9,11,15H,10H2,1-4H3. The summed E-state index contributed by atoms with van der Waals surface area (Å²) in [4.78, 5) is 2.15. The van der Waals surface area contributed by atoms with Crippen molar-refractivity contribution in [3.8, 4) is 0 Å². The van der Waals surface area contributed by atoms with Crippen molar-refractivity contribution in [3.05, 3.63) is 35.9 Å².